The van der Waals surface area contributed by atoms with Gasteiger partial charge in [-0.15, -0.1) is 0 Å². The first-order chi connectivity index (χ1) is 16.4. The predicted octanol–water partition coefficient (Wildman–Crippen LogP) is 0.187. The zero-order chi connectivity index (χ0) is 24.5. The Hall–Kier alpha value is -3.70. The number of aliphatic carboxylic acids is 1. The first-order valence-corrected chi connectivity index (χ1v) is 11.2. The van der Waals surface area contributed by atoms with Gasteiger partial charge in [-0.3, -0.25) is 9.59 Å². The van der Waals surface area contributed by atoms with Crippen LogP contribution in [-0.2, 0) is 27.2 Å². The largest absolute Gasteiger partial charge is 0.480 e. The van der Waals surface area contributed by atoms with Crippen LogP contribution in [0.5, 0.6) is 0 Å². The van der Waals surface area contributed by atoms with Crippen LogP contribution in [0.4, 0.5) is 0 Å². The number of aromatic amines is 2. The smallest absolute Gasteiger partial charge is 0.326 e. The molecule has 0 aliphatic carbocycles. The third kappa shape index (κ3) is 6.65. The molecule has 0 aliphatic rings. The zero-order valence-electron chi connectivity index (χ0n) is 18.8. The van der Waals surface area contributed by atoms with Gasteiger partial charge in [-0.1, -0.05) is 18.2 Å². The van der Waals surface area contributed by atoms with Crippen molar-refractivity contribution < 1.29 is 19.5 Å². The predicted molar refractivity (Wildman–Crippen MR) is 127 cm³/mol. The maximum Gasteiger partial charge on any atom is 0.326 e. The summed E-state index contributed by atoms with van der Waals surface area (Å²) in [6.45, 7) is 0.438. The lowest BCUT2D eigenvalue weighted by molar-refractivity contribution is -0.142. The molecule has 1 aromatic carbocycles. The van der Waals surface area contributed by atoms with Crippen LogP contribution < -0.4 is 22.1 Å². The van der Waals surface area contributed by atoms with Crippen molar-refractivity contribution in [2.45, 2.75) is 50.2 Å². The van der Waals surface area contributed by atoms with E-state index in [0.717, 1.165) is 16.5 Å². The van der Waals surface area contributed by atoms with E-state index >= 15 is 0 Å². The molecule has 3 aromatic rings. The van der Waals surface area contributed by atoms with E-state index in [1.165, 1.54) is 12.5 Å². The Kier molecular flexibility index (Phi) is 8.77. The quantitative estimate of drug-likeness (QED) is 0.174. The minimum absolute atomic E-state index is 0.104. The van der Waals surface area contributed by atoms with Crippen LogP contribution in [0.15, 0.2) is 43.0 Å². The number of imidazole rings is 1. The van der Waals surface area contributed by atoms with Crippen molar-refractivity contribution in [1.82, 2.24) is 25.6 Å². The van der Waals surface area contributed by atoms with E-state index < -0.39 is 35.9 Å². The number of para-hydroxylation sites is 1. The lowest BCUT2D eigenvalue weighted by Crippen LogP contribution is -2.55. The number of carbonyl (C=O) groups excluding carboxylic acids is 2. The molecule has 11 nitrogen and oxygen atoms in total. The van der Waals surface area contributed by atoms with E-state index in [4.69, 9.17) is 11.5 Å². The minimum Gasteiger partial charge on any atom is -0.480 e. The Bertz CT molecular complexity index is 1100. The van der Waals surface area contributed by atoms with Crippen LogP contribution in [0, 0.1) is 0 Å². The second-order valence-corrected chi connectivity index (χ2v) is 8.20. The second kappa shape index (κ2) is 12.0. The van der Waals surface area contributed by atoms with Gasteiger partial charge in [-0.05, 0) is 43.9 Å². The number of unbranched alkanes of at least 4 members (excludes halogenated alkanes) is 1. The summed E-state index contributed by atoms with van der Waals surface area (Å²) in [5.74, 6) is -2.27. The molecule has 3 atom stereocenters. The summed E-state index contributed by atoms with van der Waals surface area (Å²) < 4.78 is 0. The molecule has 182 valence electrons. The number of aromatic nitrogens is 3. The Morgan fingerprint density at radius 1 is 1.03 bits per heavy atom. The van der Waals surface area contributed by atoms with E-state index in [9.17, 15) is 19.5 Å². The van der Waals surface area contributed by atoms with E-state index in [0.29, 0.717) is 25.1 Å². The number of amides is 2. The van der Waals surface area contributed by atoms with Gasteiger partial charge in [-0.2, -0.15) is 0 Å². The Balaban J connectivity index is 1.68. The Morgan fingerprint density at radius 2 is 1.79 bits per heavy atom. The summed E-state index contributed by atoms with van der Waals surface area (Å²) in [4.78, 5) is 47.5. The second-order valence-electron chi connectivity index (χ2n) is 8.20. The highest BCUT2D eigenvalue weighted by atomic mass is 16.4. The number of carboxylic acid groups (broad SMARTS) is 1. The minimum atomic E-state index is -1.15. The fourth-order valence-electron chi connectivity index (χ4n) is 3.76. The number of nitrogens with one attached hydrogen (secondary N) is 4. The number of fused-ring (bicyclic) bond motifs is 1. The van der Waals surface area contributed by atoms with Crippen molar-refractivity contribution in [3.05, 3.63) is 54.2 Å². The topological polar surface area (TPSA) is 192 Å². The van der Waals surface area contributed by atoms with Crippen molar-refractivity contribution in [3.63, 3.8) is 0 Å². The lowest BCUT2D eigenvalue weighted by Gasteiger charge is -2.22. The summed E-state index contributed by atoms with van der Waals surface area (Å²) in [6, 6.07) is 4.67. The van der Waals surface area contributed by atoms with Crippen molar-refractivity contribution in [2.75, 3.05) is 6.54 Å². The number of nitrogens with zero attached hydrogens (tertiary/aromatic N) is 1. The van der Waals surface area contributed by atoms with Crippen LogP contribution in [-0.4, -0.2) is 62.5 Å². The van der Waals surface area contributed by atoms with E-state index in [2.05, 4.69) is 25.6 Å². The van der Waals surface area contributed by atoms with Crippen molar-refractivity contribution in [1.29, 1.82) is 0 Å². The molecular weight excluding hydrogens is 438 g/mol. The molecule has 11 heteroatoms. The summed E-state index contributed by atoms with van der Waals surface area (Å²) >= 11 is 0. The molecule has 2 aromatic heterocycles. The number of hydrogen-bond acceptors (Lipinski definition) is 6. The summed E-state index contributed by atoms with van der Waals surface area (Å²) in [7, 11) is 0. The molecule has 0 fully saturated rings. The molecule has 0 bridgehead atoms. The van der Waals surface area contributed by atoms with E-state index in [1.54, 1.807) is 0 Å². The monoisotopic (exact) mass is 469 g/mol. The highest BCUT2D eigenvalue weighted by molar-refractivity contribution is 5.92. The number of hydrogen-bond donors (Lipinski definition) is 7. The van der Waals surface area contributed by atoms with Crippen molar-refractivity contribution >= 4 is 28.7 Å². The van der Waals surface area contributed by atoms with Crippen molar-refractivity contribution in [2.24, 2.45) is 11.5 Å². The molecule has 2 heterocycles. The van der Waals surface area contributed by atoms with Crippen molar-refractivity contribution in [3.8, 4) is 0 Å². The first-order valence-electron chi connectivity index (χ1n) is 11.2. The molecule has 34 heavy (non-hydrogen) atoms. The average Bonchev–Trinajstić information content (AvgIpc) is 3.48. The number of carboxylic acids is 1. The van der Waals surface area contributed by atoms with Gasteiger partial charge in [0.05, 0.1) is 12.4 Å². The number of benzene rings is 1. The van der Waals surface area contributed by atoms with E-state index in [1.807, 2.05) is 30.5 Å². The SMILES string of the molecule is NCCCCC(NC(=O)C(Cc1cnc[nH]1)NC(=O)C(N)Cc1c[nH]c2ccccc12)C(=O)O. The van der Waals surface area contributed by atoms with Gasteiger partial charge in [0.25, 0.3) is 0 Å². The number of rotatable bonds is 13. The fourth-order valence-corrected chi connectivity index (χ4v) is 3.76. The summed E-state index contributed by atoms with van der Waals surface area (Å²) in [5.41, 5.74) is 14.1. The summed E-state index contributed by atoms with van der Waals surface area (Å²) in [6.07, 6.45) is 6.62. The molecule has 2 amide bonds. The number of nitrogens with two attached hydrogens (primary N) is 2. The van der Waals surface area contributed by atoms with Crippen LogP contribution >= 0.6 is 0 Å². The summed E-state index contributed by atoms with van der Waals surface area (Å²) in [5, 5.41) is 15.7. The fraction of sp³-hybridized carbons (Fsp3) is 0.391. The van der Waals surface area contributed by atoms with Gasteiger partial charge < -0.3 is 37.2 Å². The van der Waals surface area contributed by atoms with Crippen LogP contribution in [0.2, 0.25) is 0 Å². The molecule has 0 saturated heterocycles. The van der Waals surface area contributed by atoms with Gasteiger partial charge in [0, 0.05) is 35.4 Å². The van der Waals surface area contributed by atoms with Gasteiger partial charge in [0.1, 0.15) is 12.1 Å². The zero-order valence-corrected chi connectivity index (χ0v) is 18.8. The molecule has 3 rings (SSSR count). The number of H-pyrrole nitrogens is 2. The van der Waals surface area contributed by atoms with Gasteiger partial charge in [0.2, 0.25) is 11.8 Å². The highest BCUT2D eigenvalue weighted by Gasteiger charge is 2.28. The Labute approximate surface area is 196 Å². The maximum absolute atomic E-state index is 13.0. The van der Waals surface area contributed by atoms with Crippen LogP contribution in [0.25, 0.3) is 10.9 Å². The van der Waals surface area contributed by atoms with Gasteiger partial charge >= 0.3 is 5.97 Å². The third-order valence-corrected chi connectivity index (χ3v) is 5.62. The average molecular weight is 470 g/mol. The highest BCUT2D eigenvalue weighted by Crippen LogP contribution is 2.18. The number of carbonyl (C=O) groups is 3. The third-order valence-electron chi connectivity index (χ3n) is 5.62. The molecule has 3 unspecified atom stereocenters. The molecule has 0 saturated carbocycles. The first kappa shape index (κ1) is 24.9. The van der Waals surface area contributed by atoms with E-state index in [-0.39, 0.29) is 19.3 Å². The molecular formula is C23H31N7O4. The lowest BCUT2D eigenvalue weighted by atomic mass is 10.0. The molecule has 9 N–H and O–H groups in total. The van der Waals surface area contributed by atoms with Gasteiger partial charge in [0.15, 0.2) is 0 Å². The maximum atomic E-state index is 13.0. The molecule has 0 aliphatic heterocycles. The van der Waals surface area contributed by atoms with Crippen LogP contribution in [0.3, 0.4) is 0 Å². The van der Waals surface area contributed by atoms with Gasteiger partial charge in [-0.25, -0.2) is 9.78 Å². The molecule has 0 spiro atoms. The van der Waals surface area contributed by atoms with Crippen LogP contribution in [0.1, 0.15) is 30.5 Å². The normalized spacial score (nSPS) is 13.8. The molecule has 0 radical (unpaired) electrons. The Morgan fingerprint density at radius 3 is 2.50 bits per heavy atom. The standard InChI is InChI=1S/C23H31N7O4/c24-8-4-3-7-19(23(33)34)29-22(32)20(10-15-12-26-13-28-15)30-21(31)17(25)9-14-11-27-18-6-2-1-5-16(14)18/h1-2,5-6,11-13,17,19-20,27H,3-4,7-10,24-25H2,(H,26,28)(H,29,32)(H,30,31)(H,33,34).